The molecule has 0 saturated carbocycles. The van der Waals surface area contributed by atoms with Gasteiger partial charge in [0.25, 0.3) is 0 Å². The van der Waals surface area contributed by atoms with Gasteiger partial charge in [-0.25, -0.2) is 0 Å². The van der Waals surface area contributed by atoms with Crippen LogP contribution in [0.3, 0.4) is 0 Å². The summed E-state index contributed by atoms with van der Waals surface area (Å²) in [5.41, 5.74) is 5.93. The van der Waals surface area contributed by atoms with Crippen molar-refractivity contribution >= 4 is 22.4 Å². The van der Waals surface area contributed by atoms with Crippen LogP contribution in [0, 0.1) is 0 Å². The van der Waals surface area contributed by atoms with Gasteiger partial charge in [-0.1, -0.05) is 24.3 Å². The molecule has 0 fully saturated rings. The van der Waals surface area contributed by atoms with Crippen molar-refractivity contribution in [2.45, 2.75) is 19.8 Å². The number of ketones is 1. The summed E-state index contributed by atoms with van der Waals surface area (Å²) >= 11 is 0. The number of carbonyl (C=O) groups excluding carboxylic acids is 1. The fourth-order valence-corrected chi connectivity index (χ4v) is 3.21. The third-order valence-corrected chi connectivity index (χ3v) is 4.26. The van der Waals surface area contributed by atoms with Crippen LogP contribution in [0.5, 0.6) is 0 Å². The number of Topliss-reactive ketones (excluding diaryl/α,β-unsaturated/α-hetero) is 1. The third-order valence-electron chi connectivity index (χ3n) is 4.26. The minimum atomic E-state index is 0.169. The molecule has 0 spiro atoms. The Kier molecular flexibility index (Phi) is 2.36. The van der Waals surface area contributed by atoms with E-state index in [1.165, 1.54) is 27.9 Å². The first kappa shape index (κ1) is 11.5. The summed E-state index contributed by atoms with van der Waals surface area (Å²) in [6.45, 7) is 2.58. The number of para-hydroxylation sites is 1. The van der Waals surface area contributed by atoms with Crippen molar-refractivity contribution < 1.29 is 4.79 Å². The summed E-state index contributed by atoms with van der Waals surface area (Å²) in [5.74, 6) is 0.169. The number of hydrogen-bond donors (Lipinski definition) is 1. The molecule has 1 aromatic carbocycles. The number of aromatic nitrogens is 1. The lowest BCUT2D eigenvalue weighted by Crippen LogP contribution is -2.27. The Bertz CT molecular complexity index is 779. The van der Waals surface area contributed by atoms with E-state index in [2.05, 4.69) is 40.2 Å². The second-order valence-electron chi connectivity index (χ2n) is 5.47. The van der Waals surface area contributed by atoms with Gasteiger partial charge >= 0.3 is 0 Å². The molecule has 0 saturated heterocycles. The van der Waals surface area contributed by atoms with Crippen LogP contribution in [-0.4, -0.2) is 22.2 Å². The molecule has 4 rings (SSSR count). The maximum Gasteiger partial charge on any atom is 0.157 e. The van der Waals surface area contributed by atoms with Crippen molar-refractivity contribution in [2.24, 2.45) is 0 Å². The first-order valence-corrected chi connectivity index (χ1v) is 7.02. The van der Waals surface area contributed by atoms with Gasteiger partial charge in [-0.2, -0.15) is 0 Å². The van der Waals surface area contributed by atoms with Gasteiger partial charge in [-0.05, 0) is 31.4 Å². The fourth-order valence-electron chi connectivity index (χ4n) is 3.21. The zero-order chi connectivity index (χ0) is 13.7. The van der Waals surface area contributed by atoms with Crippen LogP contribution >= 0.6 is 0 Å². The quantitative estimate of drug-likeness (QED) is 0.858. The van der Waals surface area contributed by atoms with Gasteiger partial charge in [0, 0.05) is 29.2 Å². The minimum Gasteiger partial charge on any atom is -0.353 e. The van der Waals surface area contributed by atoms with Crippen molar-refractivity contribution in [1.29, 1.82) is 0 Å². The number of H-pyrrole nitrogens is 1. The van der Waals surface area contributed by atoms with Crippen molar-refractivity contribution in [3.63, 3.8) is 0 Å². The van der Waals surface area contributed by atoms with Gasteiger partial charge in [0.1, 0.15) is 0 Å². The molecule has 2 aromatic rings. The first-order chi connectivity index (χ1) is 9.74. The summed E-state index contributed by atoms with van der Waals surface area (Å²) in [4.78, 5) is 17.3. The maximum atomic E-state index is 11.5. The highest BCUT2D eigenvalue weighted by atomic mass is 16.1. The fraction of sp³-hybridized carbons (Fsp3) is 0.235. The average Bonchev–Trinajstić information content (AvgIpc) is 2.85. The highest BCUT2D eigenvalue weighted by Gasteiger charge is 2.26. The number of carbonyl (C=O) groups is 1. The van der Waals surface area contributed by atoms with E-state index in [0.29, 0.717) is 0 Å². The number of nitrogens with zero attached hydrogens (tertiary/aromatic N) is 1. The van der Waals surface area contributed by atoms with Crippen LogP contribution in [0.2, 0.25) is 0 Å². The van der Waals surface area contributed by atoms with E-state index in [4.69, 9.17) is 0 Å². The van der Waals surface area contributed by atoms with Crippen LogP contribution < -0.4 is 0 Å². The van der Waals surface area contributed by atoms with Gasteiger partial charge in [0.2, 0.25) is 0 Å². The van der Waals surface area contributed by atoms with Crippen LogP contribution in [-0.2, 0) is 11.2 Å². The van der Waals surface area contributed by atoms with Crippen molar-refractivity contribution in [2.75, 3.05) is 6.54 Å². The normalized spacial score (nSPS) is 17.4. The Labute approximate surface area is 117 Å². The molecule has 0 unspecified atom stereocenters. The molecule has 1 aromatic heterocycles. The Morgan fingerprint density at radius 1 is 1.30 bits per heavy atom. The molecule has 0 aliphatic carbocycles. The van der Waals surface area contributed by atoms with Gasteiger partial charge < -0.3 is 9.88 Å². The predicted molar refractivity (Wildman–Crippen MR) is 80.1 cm³/mol. The molecule has 2 aliphatic heterocycles. The van der Waals surface area contributed by atoms with Crippen molar-refractivity contribution in [3.05, 3.63) is 53.4 Å². The van der Waals surface area contributed by atoms with Crippen LogP contribution in [0.15, 0.2) is 42.1 Å². The largest absolute Gasteiger partial charge is 0.353 e. The third kappa shape index (κ3) is 1.56. The topological polar surface area (TPSA) is 36.1 Å². The summed E-state index contributed by atoms with van der Waals surface area (Å²) in [5, 5.41) is 1.32. The molecule has 1 N–H and O–H groups in total. The molecule has 0 amide bonds. The van der Waals surface area contributed by atoms with E-state index < -0.39 is 0 Å². The van der Waals surface area contributed by atoms with Crippen LogP contribution in [0.4, 0.5) is 0 Å². The summed E-state index contributed by atoms with van der Waals surface area (Å²) in [6, 6.07) is 8.45. The highest BCUT2D eigenvalue weighted by Crippen LogP contribution is 2.36. The zero-order valence-electron chi connectivity index (χ0n) is 11.4. The molecule has 0 bridgehead atoms. The van der Waals surface area contributed by atoms with E-state index in [9.17, 15) is 4.79 Å². The Morgan fingerprint density at radius 2 is 2.15 bits per heavy atom. The van der Waals surface area contributed by atoms with E-state index in [-0.39, 0.29) is 5.78 Å². The van der Waals surface area contributed by atoms with Crippen molar-refractivity contribution in [1.82, 2.24) is 9.88 Å². The number of nitrogens with one attached hydrogen (secondary N) is 1. The van der Waals surface area contributed by atoms with Crippen LogP contribution in [0.25, 0.3) is 16.6 Å². The zero-order valence-corrected chi connectivity index (χ0v) is 11.4. The van der Waals surface area contributed by atoms with Gasteiger partial charge in [0.15, 0.2) is 5.78 Å². The Hall–Kier alpha value is -2.29. The molecular weight excluding hydrogens is 248 g/mol. The Morgan fingerprint density at radius 3 is 3.00 bits per heavy atom. The monoisotopic (exact) mass is 264 g/mol. The van der Waals surface area contributed by atoms with E-state index >= 15 is 0 Å². The molecule has 3 nitrogen and oxygen atoms in total. The lowest BCUT2D eigenvalue weighted by atomic mass is 9.96. The second kappa shape index (κ2) is 4.10. The molecule has 3 heterocycles. The molecule has 20 heavy (non-hydrogen) atoms. The smallest absolute Gasteiger partial charge is 0.157 e. The van der Waals surface area contributed by atoms with Crippen LogP contribution in [0.1, 0.15) is 24.6 Å². The van der Waals surface area contributed by atoms with Gasteiger partial charge in [-0.15, -0.1) is 0 Å². The lowest BCUT2D eigenvalue weighted by molar-refractivity contribution is -0.113. The molecular formula is C17H16N2O. The molecule has 2 aliphatic rings. The first-order valence-electron chi connectivity index (χ1n) is 7.02. The lowest BCUT2D eigenvalue weighted by Gasteiger charge is -2.32. The second-order valence-corrected chi connectivity index (χ2v) is 5.47. The number of rotatable bonds is 1. The number of aromatic amines is 1. The molecule has 100 valence electrons. The highest BCUT2D eigenvalue weighted by molar-refractivity contribution is 5.95. The van der Waals surface area contributed by atoms with E-state index in [1.54, 1.807) is 6.92 Å². The summed E-state index contributed by atoms with van der Waals surface area (Å²) < 4.78 is 0. The standard InChI is InChI=1S/C17H16N2O/c1-11(20)12-6-7-16-17-14(8-9-19(16)10-12)13-4-2-3-5-15(13)18-17/h2-5,7,10,18H,6,8-9H2,1H3. The number of fused-ring (bicyclic) bond motifs is 5. The molecule has 0 radical (unpaired) electrons. The maximum absolute atomic E-state index is 11.5. The Balaban J connectivity index is 1.84. The number of hydrogen-bond acceptors (Lipinski definition) is 2. The summed E-state index contributed by atoms with van der Waals surface area (Å²) in [6.07, 6.45) is 5.94. The summed E-state index contributed by atoms with van der Waals surface area (Å²) in [7, 11) is 0. The minimum absolute atomic E-state index is 0.169. The SMILES string of the molecule is CC(=O)C1=CN2CCc3c([nH]c4ccccc34)C2=CC1. The molecule has 0 atom stereocenters. The number of benzene rings is 1. The van der Waals surface area contributed by atoms with Gasteiger partial charge in [0.05, 0.1) is 11.4 Å². The van der Waals surface area contributed by atoms with Gasteiger partial charge in [-0.3, -0.25) is 4.79 Å². The molecule has 3 heteroatoms. The predicted octanol–water partition coefficient (Wildman–Crippen LogP) is 3.24. The number of allylic oxidation sites excluding steroid dienone is 2. The van der Waals surface area contributed by atoms with Crippen molar-refractivity contribution in [3.8, 4) is 0 Å². The van der Waals surface area contributed by atoms with E-state index in [0.717, 1.165) is 25.0 Å². The average molecular weight is 264 g/mol. The van der Waals surface area contributed by atoms with E-state index in [1.807, 2.05) is 6.20 Å².